The first-order chi connectivity index (χ1) is 9.27. The third-order valence-electron chi connectivity index (χ3n) is 3.12. The second kappa shape index (κ2) is 9.42. The van der Waals surface area contributed by atoms with Crippen molar-refractivity contribution in [2.75, 3.05) is 24.6 Å². The number of unbranched alkanes of at least 4 members (excludes halogenated alkanes) is 2. The zero-order valence-corrected chi connectivity index (χ0v) is 12.1. The van der Waals surface area contributed by atoms with Crippen LogP contribution in [-0.2, 0) is 9.53 Å². The van der Waals surface area contributed by atoms with Crippen molar-refractivity contribution in [3.05, 3.63) is 30.3 Å². The molecule has 0 atom stereocenters. The van der Waals surface area contributed by atoms with Crippen LogP contribution in [0.25, 0.3) is 0 Å². The van der Waals surface area contributed by atoms with Crippen LogP contribution in [0.15, 0.2) is 30.3 Å². The summed E-state index contributed by atoms with van der Waals surface area (Å²) in [5, 5.41) is 0. The summed E-state index contributed by atoms with van der Waals surface area (Å²) in [6.45, 7) is 6.56. The zero-order chi connectivity index (χ0) is 13.9. The number of nitrogens with zero attached hydrogens (tertiary/aromatic N) is 1. The molecular weight excluding hydrogens is 238 g/mol. The number of ether oxygens (including phenoxy) is 1. The van der Waals surface area contributed by atoms with Crippen LogP contribution in [0.4, 0.5) is 5.69 Å². The van der Waals surface area contributed by atoms with Gasteiger partial charge in [0, 0.05) is 25.2 Å². The van der Waals surface area contributed by atoms with Crippen molar-refractivity contribution < 1.29 is 9.53 Å². The molecule has 0 aliphatic carbocycles. The zero-order valence-electron chi connectivity index (χ0n) is 12.1. The third kappa shape index (κ3) is 6.27. The summed E-state index contributed by atoms with van der Waals surface area (Å²) < 4.78 is 4.91. The minimum Gasteiger partial charge on any atom is -0.466 e. The highest BCUT2D eigenvalue weighted by Gasteiger charge is 2.04. The Morgan fingerprint density at radius 2 is 1.84 bits per heavy atom. The molecule has 0 radical (unpaired) electrons. The van der Waals surface area contributed by atoms with Crippen LogP contribution in [0.5, 0.6) is 0 Å². The molecular formula is C16H25NO2. The first-order valence-corrected chi connectivity index (χ1v) is 7.23. The molecule has 1 aromatic carbocycles. The predicted molar refractivity (Wildman–Crippen MR) is 79.4 cm³/mol. The van der Waals surface area contributed by atoms with Crippen molar-refractivity contribution in [3.8, 4) is 0 Å². The molecule has 0 bridgehead atoms. The van der Waals surface area contributed by atoms with E-state index in [9.17, 15) is 4.79 Å². The van der Waals surface area contributed by atoms with Crippen LogP contribution in [0.2, 0.25) is 0 Å². The van der Waals surface area contributed by atoms with E-state index in [-0.39, 0.29) is 5.97 Å². The standard InChI is InChI=1S/C16H25NO2/c1-3-17(15-11-7-5-8-12-15)14-10-6-9-13-16(18)19-4-2/h5,7-8,11-12H,3-4,6,9-10,13-14H2,1-2H3. The van der Waals surface area contributed by atoms with Gasteiger partial charge in [0.2, 0.25) is 0 Å². The Hall–Kier alpha value is -1.51. The van der Waals surface area contributed by atoms with E-state index < -0.39 is 0 Å². The van der Waals surface area contributed by atoms with Crippen LogP contribution >= 0.6 is 0 Å². The van der Waals surface area contributed by atoms with Gasteiger partial charge in [-0.25, -0.2) is 0 Å². The minimum absolute atomic E-state index is 0.0714. The Bertz CT molecular complexity index is 351. The molecule has 1 aromatic rings. The largest absolute Gasteiger partial charge is 0.466 e. The van der Waals surface area contributed by atoms with Crippen LogP contribution in [-0.4, -0.2) is 25.7 Å². The fourth-order valence-corrected chi connectivity index (χ4v) is 2.09. The first kappa shape index (κ1) is 15.5. The average Bonchev–Trinajstić information content (AvgIpc) is 2.44. The van der Waals surface area contributed by atoms with Gasteiger partial charge in [0.1, 0.15) is 0 Å². The molecule has 0 heterocycles. The van der Waals surface area contributed by atoms with E-state index in [0.29, 0.717) is 13.0 Å². The number of carbonyl (C=O) groups is 1. The lowest BCUT2D eigenvalue weighted by Crippen LogP contribution is -2.23. The Labute approximate surface area is 116 Å². The highest BCUT2D eigenvalue weighted by atomic mass is 16.5. The summed E-state index contributed by atoms with van der Waals surface area (Å²) in [5.41, 5.74) is 1.27. The van der Waals surface area contributed by atoms with Crippen LogP contribution < -0.4 is 4.90 Å². The average molecular weight is 263 g/mol. The Morgan fingerprint density at radius 1 is 1.11 bits per heavy atom. The van der Waals surface area contributed by atoms with Gasteiger partial charge < -0.3 is 9.64 Å². The molecule has 0 amide bonds. The second-order valence-electron chi connectivity index (χ2n) is 4.53. The number of benzene rings is 1. The molecule has 0 aliphatic rings. The smallest absolute Gasteiger partial charge is 0.305 e. The summed E-state index contributed by atoms with van der Waals surface area (Å²) >= 11 is 0. The van der Waals surface area contributed by atoms with Gasteiger partial charge in [0.25, 0.3) is 0 Å². The van der Waals surface area contributed by atoms with Crippen molar-refractivity contribution in [3.63, 3.8) is 0 Å². The molecule has 0 unspecified atom stereocenters. The SMILES string of the molecule is CCOC(=O)CCCCCN(CC)c1ccccc1. The maximum atomic E-state index is 11.2. The van der Waals surface area contributed by atoms with Crippen molar-refractivity contribution in [1.29, 1.82) is 0 Å². The number of para-hydroxylation sites is 1. The molecule has 19 heavy (non-hydrogen) atoms. The fourth-order valence-electron chi connectivity index (χ4n) is 2.09. The highest BCUT2D eigenvalue weighted by molar-refractivity contribution is 5.69. The van der Waals surface area contributed by atoms with E-state index in [0.717, 1.165) is 32.4 Å². The molecule has 0 saturated heterocycles. The van der Waals surface area contributed by atoms with Crippen molar-refractivity contribution in [1.82, 2.24) is 0 Å². The lowest BCUT2D eigenvalue weighted by Gasteiger charge is -2.22. The van der Waals surface area contributed by atoms with Gasteiger partial charge in [-0.05, 0) is 38.8 Å². The fraction of sp³-hybridized carbons (Fsp3) is 0.562. The van der Waals surface area contributed by atoms with Gasteiger partial charge in [0.15, 0.2) is 0 Å². The van der Waals surface area contributed by atoms with Crippen molar-refractivity contribution >= 4 is 11.7 Å². The number of carbonyl (C=O) groups excluding carboxylic acids is 1. The molecule has 1 rings (SSSR count). The Kier molecular flexibility index (Phi) is 7.71. The van der Waals surface area contributed by atoms with Crippen molar-refractivity contribution in [2.24, 2.45) is 0 Å². The summed E-state index contributed by atoms with van der Waals surface area (Å²) in [6.07, 6.45) is 3.65. The number of hydrogen-bond acceptors (Lipinski definition) is 3. The van der Waals surface area contributed by atoms with Gasteiger partial charge in [-0.3, -0.25) is 4.79 Å². The minimum atomic E-state index is -0.0714. The van der Waals surface area contributed by atoms with Gasteiger partial charge in [-0.15, -0.1) is 0 Å². The normalized spacial score (nSPS) is 10.2. The number of anilines is 1. The second-order valence-corrected chi connectivity index (χ2v) is 4.53. The van der Waals surface area contributed by atoms with Crippen LogP contribution in [0, 0.1) is 0 Å². The first-order valence-electron chi connectivity index (χ1n) is 7.23. The molecule has 106 valence electrons. The van der Waals surface area contributed by atoms with E-state index in [4.69, 9.17) is 4.74 Å². The van der Waals surface area contributed by atoms with E-state index in [1.807, 2.05) is 13.0 Å². The summed E-state index contributed by atoms with van der Waals surface area (Å²) in [7, 11) is 0. The summed E-state index contributed by atoms with van der Waals surface area (Å²) in [4.78, 5) is 13.6. The topological polar surface area (TPSA) is 29.5 Å². The van der Waals surface area contributed by atoms with Crippen LogP contribution in [0.1, 0.15) is 39.5 Å². The third-order valence-corrected chi connectivity index (χ3v) is 3.12. The van der Waals surface area contributed by atoms with Crippen LogP contribution in [0.3, 0.4) is 0 Å². The number of rotatable bonds is 9. The van der Waals surface area contributed by atoms with E-state index in [1.54, 1.807) is 0 Å². The van der Waals surface area contributed by atoms with Gasteiger partial charge >= 0.3 is 5.97 Å². The lowest BCUT2D eigenvalue weighted by molar-refractivity contribution is -0.143. The van der Waals surface area contributed by atoms with E-state index in [1.165, 1.54) is 5.69 Å². The molecule has 0 aliphatic heterocycles. The number of esters is 1. The Morgan fingerprint density at radius 3 is 2.47 bits per heavy atom. The molecule has 0 aromatic heterocycles. The molecule has 0 spiro atoms. The van der Waals surface area contributed by atoms with E-state index >= 15 is 0 Å². The highest BCUT2D eigenvalue weighted by Crippen LogP contribution is 2.14. The molecule has 0 fully saturated rings. The summed E-state index contributed by atoms with van der Waals surface area (Å²) in [5.74, 6) is -0.0714. The predicted octanol–water partition coefficient (Wildman–Crippen LogP) is 3.64. The Balaban J connectivity index is 2.19. The monoisotopic (exact) mass is 263 g/mol. The van der Waals surface area contributed by atoms with Gasteiger partial charge in [-0.2, -0.15) is 0 Å². The molecule has 3 heteroatoms. The summed E-state index contributed by atoms with van der Waals surface area (Å²) in [6, 6.07) is 10.5. The van der Waals surface area contributed by atoms with Gasteiger partial charge in [-0.1, -0.05) is 24.6 Å². The quantitative estimate of drug-likeness (QED) is 0.503. The van der Waals surface area contributed by atoms with E-state index in [2.05, 4.69) is 36.1 Å². The molecule has 0 saturated carbocycles. The lowest BCUT2D eigenvalue weighted by atomic mass is 10.2. The van der Waals surface area contributed by atoms with Gasteiger partial charge in [0.05, 0.1) is 6.61 Å². The maximum absolute atomic E-state index is 11.2. The maximum Gasteiger partial charge on any atom is 0.305 e. The molecule has 0 N–H and O–H groups in total. The number of hydrogen-bond donors (Lipinski definition) is 0. The molecule has 3 nitrogen and oxygen atoms in total. The van der Waals surface area contributed by atoms with Crippen molar-refractivity contribution in [2.45, 2.75) is 39.5 Å².